The van der Waals surface area contributed by atoms with E-state index >= 15 is 0 Å². The summed E-state index contributed by atoms with van der Waals surface area (Å²) < 4.78 is 11.7. The first kappa shape index (κ1) is 19.3. The summed E-state index contributed by atoms with van der Waals surface area (Å²) in [6, 6.07) is 17.0. The van der Waals surface area contributed by atoms with E-state index < -0.39 is 0 Å². The highest BCUT2D eigenvalue weighted by Crippen LogP contribution is 2.37. The average Bonchev–Trinajstić information content (AvgIpc) is 3.09. The number of nitrogens with one attached hydrogen (secondary N) is 1. The molecule has 3 aromatic rings. The van der Waals surface area contributed by atoms with E-state index in [2.05, 4.69) is 17.2 Å². The fourth-order valence-electron chi connectivity index (χ4n) is 2.36. The molecule has 0 aliphatic rings. The van der Waals surface area contributed by atoms with Crippen molar-refractivity contribution in [3.8, 4) is 22.8 Å². The maximum atomic E-state index is 12.4. The van der Waals surface area contributed by atoms with Crippen LogP contribution in [0.15, 0.2) is 58.9 Å². The van der Waals surface area contributed by atoms with E-state index in [1.807, 2.05) is 42.5 Å². The number of benzene rings is 2. The lowest BCUT2D eigenvalue weighted by molar-refractivity contribution is -0.118. The number of ether oxygens (including phenoxy) is 2. The van der Waals surface area contributed by atoms with Crippen LogP contribution in [0.4, 0.5) is 5.00 Å². The van der Waals surface area contributed by atoms with Crippen LogP contribution in [0.1, 0.15) is 6.92 Å². The number of hydrogen-bond donors (Lipinski definition) is 1. The summed E-state index contributed by atoms with van der Waals surface area (Å²) in [5.74, 6) is 1.96. The van der Waals surface area contributed by atoms with Crippen LogP contribution in [0, 0.1) is 0 Å². The van der Waals surface area contributed by atoms with Gasteiger partial charge in [0.05, 0.1) is 7.11 Å². The molecule has 140 valence electrons. The van der Waals surface area contributed by atoms with Gasteiger partial charge < -0.3 is 14.8 Å². The molecule has 0 aliphatic carbocycles. The van der Waals surface area contributed by atoms with Gasteiger partial charge in [0.1, 0.15) is 22.2 Å². The highest BCUT2D eigenvalue weighted by atomic mass is 32.2. The van der Waals surface area contributed by atoms with Crippen molar-refractivity contribution >= 4 is 34.0 Å². The largest absolute Gasteiger partial charge is 0.497 e. The molecule has 0 bridgehead atoms. The van der Waals surface area contributed by atoms with E-state index in [0.29, 0.717) is 11.5 Å². The van der Waals surface area contributed by atoms with Gasteiger partial charge in [0.15, 0.2) is 10.9 Å². The molecule has 1 aromatic heterocycles. The molecule has 0 fully saturated rings. The van der Waals surface area contributed by atoms with E-state index in [1.165, 1.54) is 11.3 Å². The number of nitrogens with zero attached hydrogens (tertiary/aromatic N) is 1. The van der Waals surface area contributed by atoms with Gasteiger partial charge in [-0.15, -0.1) is 0 Å². The summed E-state index contributed by atoms with van der Waals surface area (Å²) in [5, 5.41) is 3.67. The van der Waals surface area contributed by atoms with Gasteiger partial charge in [-0.3, -0.25) is 4.79 Å². The van der Waals surface area contributed by atoms with Crippen molar-refractivity contribution in [1.82, 2.24) is 4.98 Å². The number of carbonyl (C=O) groups excluding carboxylic acids is 1. The highest BCUT2D eigenvalue weighted by molar-refractivity contribution is 8.01. The van der Waals surface area contributed by atoms with Crippen LogP contribution in [-0.2, 0) is 4.79 Å². The van der Waals surface area contributed by atoms with Crippen molar-refractivity contribution in [3.63, 3.8) is 0 Å². The Morgan fingerprint density at radius 3 is 2.67 bits per heavy atom. The summed E-state index contributed by atoms with van der Waals surface area (Å²) in [7, 11) is 1.59. The van der Waals surface area contributed by atoms with Gasteiger partial charge in [-0.05, 0) is 17.9 Å². The predicted molar refractivity (Wildman–Crippen MR) is 111 cm³/mol. The number of thioether (sulfide) groups is 1. The molecule has 3 rings (SSSR count). The first-order valence-corrected chi connectivity index (χ1v) is 10.3. The van der Waals surface area contributed by atoms with Gasteiger partial charge in [-0.25, -0.2) is 4.98 Å². The minimum atomic E-state index is -0.230. The molecule has 7 heteroatoms. The van der Waals surface area contributed by atoms with Gasteiger partial charge in [0.25, 0.3) is 5.91 Å². The summed E-state index contributed by atoms with van der Waals surface area (Å²) in [6.45, 7) is 1.99. The number of hydrogen-bond acceptors (Lipinski definition) is 6. The lowest BCUT2D eigenvalue weighted by Gasteiger charge is -2.08. The molecule has 1 heterocycles. The molecule has 27 heavy (non-hydrogen) atoms. The quantitative estimate of drug-likeness (QED) is 0.542. The van der Waals surface area contributed by atoms with Crippen LogP contribution >= 0.6 is 23.1 Å². The Hall–Kier alpha value is -2.51. The summed E-state index contributed by atoms with van der Waals surface area (Å²) in [6.07, 6.45) is 0. The second-order valence-corrected chi connectivity index (χ2v) is 7.98. The van der Waals surface area contributed by atoms with Crippen LogP contribution in [-0.4, -0.2) is 30.4 Å². The zero-order valence-corrected chi connectivity index (χ0v) is 16.7. The number of amides is 1. The highest BCUT2D eigenvalue weighted by Gasteiger charge is 2.16. The molecule has 0 atom stereocenters. The van der Waals surface area contributed by atoms with E-state index in [-0.39, 0.29) is 12.5 Å². The maximum Gasteiger partial charge on any atom is 0.262 e. The number of anilines is 1. The molecule has 0 unspecified atom stereocenters. The number of aromatic nitrogens is 1. The SMILES string of the molecule is CCSc1nc(-c2ccccc2)c(NC(=O)COc2cccc(OC)c2)s1. The molecule has 1 N–H and O–H groups in total. The Morgan fingerprint density at radius 2 is 1.93 bits per heavy atom. The van der Waals surface area contributed by atoms with Crippen molar-refractivity contribution in [3.05, 3.63) is 54.6 Å². The number of rotatable bonds is 8. The maximum absolute atomic E-state index is 12.4. The summed E-state index contributed by atoms with van der Waals surface area (Å²) in [5.41, 5.74) is 1.76. The predicted octanol–water partition coefficient (Wildman–Crippen LogP) is 4.95. The number of methoxy groups -OCH3 is 1. The van der Waals surface area contributed by atoms with E-state index in [1.54, 1.807) is 31.0 Å². The van der Waals surface area contributed by atoms with E-state index in [4.69, 9.17) is 9.47 Å². The molecule has 5 nitrogen and oxygen atoms in total. The molecule has 0 aliphatic heterocycles. The van der Waals surface area contributed by atoms with Crippen molar-refractivity contribution in [2.75, 3.05) is 24.8 Å². The Morgan fingerprint density at radius 1 is 1.15 bits per heavy atom. The van der Waals surface area contributed by atoms with Crippen LogP contribution in [0.3, 0.4) is 0 Å². The molecule has 0 saturated heterocycles. The summed E-state index contributed by atoms with van der Waals surface area (Å²) in [4.78, 5) is 17.1. The van der Waals surface area contributed by atoms with Crippen LogP contribution in [0.5, 0.6) is 11.5 Å². The zero-order chi connectivity index (χ0) is 19.1. The fraction of sp³-hybridized carbons (Fsp3) is 0.200. The Bertz CT molecular complexity index is 897. The van der Waals surface area contributed by atoms with Crippen LogP contribution in [0.2, 0.25) is 0 Å². The first-order valence-electron chi connectivity index (χ1n) is 8.45. The number of carbonyl (C=O) groups is 1. The van der Waals surface area contributed by atoms with E-state index in [0.717, 1.165) is 26.4 Å². The van der Waals surface area contributed by atoms with Crippen molar-refractivity contribution in [1.29, 1.82) is 0 Å². The van der Waals surface area contributed by atoms with Crippen LogP contribution < -0.4 is 14.8 Å². The zero-order valence-electron chi connectivity index (χ0n) is 15.1. The molecular formula is C20H20N2O3S2. The third-order valence-electron chi connectivity index (χ3n) is 3.59. The standard InChI is InChI=1S/C20H20N2O3S2/c1-3-26-20-22-18(14-8-5-4-6-9-14)19(27-20)21-17(23)13-25-16-11-7-10-15(12-16)24-2/h4-12H,3,13H2,1-2H3,(H,21,23). The molecule has 0 spiro atoms. The Balaban J connectivity index is 1.71. The van der Waals surface area contributed by atoms with Crippen LogP contribution in [0.25, 0.3) is 11.3 Å². The number of thiazole rings is 1. The lowest BCUT2D eigenvalue weighted by Crippen LogP contribution is -2.20. The third kappa shape index (κ3) is 5.24. The molecular weight excluding hydrogens is 380 g/mol. The van der Waals surface area contributed by atoms with Crippen molar-refractivity contribution in [2.24, 2.45) is 0 Å². The van der Waals surface area contributed by atoms with Gasteiger partial charge in [-0.1, -0.05) is 66.4 Å². The lowest BCUT2D eigenvalue weighted by atomic mass is 10.2. The monoisotopic (exact) mass is 400 g/mol. The first-order chi connectivity index (χ1) is 13.2. The second-order valence-electron chi connectivity index (χ2n) is 5.47. The minimum Gasteiger partial charge on any atom is -0.497 e. The van der Waals surface area contributed by atoms with Gasteiger partial charge in [-0.2, -0.15) is 0 Å². The van der Waals surface area contributed by atoms with Gasteiger partial charge in [0, 0.05) is 11.6 Å². The average molecular weight is 401 g/mol. The molecule has 1 amide bonds. The summed E-state index contributed by atoms with van der Waals surface area (Å²) >= 11 is 3.14. The molecule has 0 saturated carbocycles. The normalized spacial score (nSPS) is 10.4. The van der Waals surface area contributed by atoms with Crippen molar-refractivity contribution < 1.29 is 14.3 Å². The van der Waals surface area contributed by atoms with Crippen molar-refractivity contribution in [2.45, 2.75) is 11.3 Å². The van der Waals surface area contributed by atoms with Gasteiger partial charge >= 0.3 is 0 Å². The topological polar surface area (TPSA) is 60.5 Å². The smallest absolute Gasteiger partial charge is 0.262 e. The van der Waals surface area contributed by atoms with E-state index in [9.17, 15) is 4.79 Å². The third-order valence-corrected chi connectivity index (χ3v) is 5.58. The molecule has 0 radical (unpaired) electrons. The Kier molecular flexibility index (Phi) is 6.73. The van der Waals surface area contributed by atoms with Gasteiger partial charge in [0.2, 0.25) is 0 Å². The molecule has 2 aromatic carbocycles. The fourth-order valence-corrected chi connectivity index (χ4v) is 4.34. The second kappa shape index (κ2) is 9.43. The Labute approximate surface area is 166 Å². The minimum absolute atomic E-state index is 0.0877.